The van der Waals surface area contributed by atoms with Gasteiger partial charge in [-0.1, -0.05) is 55.9 Å². The van der Waals surface area contributed by atoms with Gasteiger partial charge in [0.05, 0.1) is 12.3 Å². The molecule has 228 valence electrons. The van der Waals surface area contributed by atoms with Gasteiger partial charge in [0, 0.05) is 28.4 Å². The molecule has 11 heteroatoms. The lowest BCUT2D eigenvalue weighted by molar-refractivity contribution is 0.0689. The van der Waals surface area contributed by atoms with Gasteiger partial charge in [-0.25, -0.2) is 14.2 Å². The predicted molar refractivity (Wildman–Crippen MR) is 172 cm³/mol. The molecule has 0 bridgehead atoms. The number of anilines is 2. The summed E-state index contributed by atoms with van der Waals surface area (Å²) in [5.74, 6) is -1.24. The first-order valence-corrected chi connectivity index (χ1v) is 16.3. The topological polar surface area (TPSA) is 104 Å². The minimum absolute atomic E-state index is 0.0261. The minimum Gasteiger partial charge on any atom is -0.491 e. The van der Waals surface area contributed by atoms with Gasteiger partial charge < -0.3 is 25.4 Å². The van der Waals surface area contributed by atoms with E-state index in [-0.39, 0.29) is 35.4 Å². The highest BCUT2D eigenvalue weighted by atomic mass is 32.2. The number of carbonyl (C=O) groups is 2. The molecule has 44 heavy (non-hydrogen) atoms. The maximum Gasteiger partial charge on any atom is 0.355 e. The second-order valence-corrected chi connectivity index (χ2v) is 13.3. The van der Waals surface area contributed by atoms with E-state index >= 15 is 0 Å². The third-order valence-corrected chi connectivity index (χ3v) is 10.0. The molecule has 3 aromatic carbocycles. The van der Waals surface area contributed by atoms with Crippen molar-refractivity contribution >= 4 is 45.8 Å². The van der Waals surface area contributed by atoms with Crippen LogP contribution in [0.1, 0.15) is 68.6 Å². The van der Waals surface area contributed by atoms with Crippen LogP contribution < -0.4 is 20.3 Å². The summed E-state index contributed by atoms with van der Waals surface area (Å²) in [5, 5.41) is 16.9. The van der Waals surface area contributed by atoms with Crippen LogP contribution >= 0.6 is 23.1 Å². The summed E-state index contributed by atoms with van der Waals surface area (Å²) >= 11 is 2.91. The van der Waals surface area contributed by atoms with Crippen LogP contribution in [0, 0.1) is 5.82 Å². The van der Waals surface area contributed by atoms with E-state index in [4.69, 9.17) is 4.74 Å². The van der Waals surface area contributed by atoms with E-state index in [9.17, 15) is 19.1 Å². The van der Waals surface area contributed by atoms with E-state index in [1.807, 2.05) is 67.3 Å². The number of rotatable bonds is 10. The van der Waals surface area contributed by atoms with Crippen molar-refractivity contribution in [1.29, 1.82) is 0 Å². The maximum atomic E-state index is 14.4. The second kappa shape index (κ2) is 12.9. The lowest BCUT2D eigenvalue weighted by Crippen LogP contribution is -2.38. The van der Waals surface area contributed by atoms with E-state index in [0.717, 1.165) is 27.3 Å². The number of para-hydroxylation sites is 1. The Morgan fingerprint density at radius 2 is 2.02 bits per heavy atom. The number of nitrogens with one attached hydrogen (secondary N) is 2. The zero-order valence-corrected chi connectivity index (χ0v) is 26.1. The zero-order chi connectivity index (χ0) is 30.8. The first kappa shape index (κ1) is 30.0. The number of amides is 1. The van der Waals surface area contributed by atoms with Gasteiger partial charge in [0.25, 0.3) is 5.91 Å². The molecular weight excluding hydrogens is 600 g/mol. The lowest BCUT2D eigenvalue weighted by atomic mass is 9.94. The number of carbonyl (C=O) groups excluding carboxylic acids is 1. The SMILES string of the molecule is CC(C)c1ccc(OCCCc2sc(N3CCc4cccc(C(=O)NC5Nc6ccccc6S5)c4C3)nc2C(=O)O)c(F)c1. The quantitative estimate of drug-likeness (QED) is 0.162. The molecule has 1 aromatic heterocycles. The number of carboxylic acid groups (broad SMARTS) is 1. The van der Waals surface area contributed by atoms with Crippen molar-refractivity contribution in [2.24, 2.45) is 0 Å². The summed E-state index contributed by atoms with van der Waals surface area (Å²) < 4.78 is 20.1. The number of halogens is 1. The highest BCUT2D eigenvalue weighted by Crippen LogP contribution is 2.37. The van der Waals surface area contributed by atoms with Crippen LogP contribution in [0.15, 0.2) is 65.6 Å². The number of benzene rings is 3. The molecule has 8 nitrogen and oxygen atoms in total. The first-order chi connectivity index (χ1) is 21.3. The van der Waals surface area contributed by atoms with Crippen LogP contribution in [-0.4, -0.2) is 40.6 Å². The second-order valence-electron chi connectivity index (χ2n) is 11.1. The number of ether oxygens (including phenoxy) is 1. The Hall–Kier alpha value is -4.09. The fourth-order valence-electron chi connectivity index (χ4n) is 5.42. The number of hydrogen-bond acceptors (Lipinski definition) is 8. The van der Waals surface area contributed by atoms with Crippen molar-refractivity contribution in [3.63, 3.8) is 0 Å². The summed E-state index contributed by atoms with van der Waals surface area (Å²) in [7, 11) is 0. The van der Waals surface area contributed by atoms with Gasteiger partial charge in [-0.15, -0.1) is 11.3 Å². The van der Waals surface area contributed by atoms with Crippen molar-refractivity contribution in [2.75, 3.05) is 23.4 Å². The normalized spacial score (nSPS) is 15.5. The third kappa shape index (κ3) is 6.39. The van der Waals surface area contributed by atoms with Gasteiger partial charge in [-0.3, -0.25) is 4.79 Å². The first-order valence-electron chi connectivity index (χ1n) is 14.6. The molecule has 2 aliphatic rings. The molecule has 0 aliphatic carbocycles. The average molecular weight is 633 g/mol. The Morgan fingerprint density at radius 3 is 2.80 bits per heavy atom. The fourth-order valence-corrected chi connectivity index (χ4v) is 7.56. The van der Waals surface area contributed by atoms with E-state index in [2.05, 4.69) is 15.6 Å². The highest BCUT2D eigenvalue weighted by molar-refractivity contribution is 8.00. The standard InChI is InChI=1S/C33H33FN4O4S2/c1-19(2)21-12-13-26(24(34)17-21)42-16-6-11-28-29(31(40)41)36-33(44-28)38-15-14-20-7-5-8-22(23(20)18-38)30(39)37-32-35-25-9-3-4-10-27(25)43-32/h3-5,7-10,12-13,17,19,32,35H,6,11,14-16,18H2,1-2H3,(H,37,39)(H,40,41). The molecule has 0 saturated carbocycles. The van der Waals surface area contributed by atoms with Crippen molar-refractivity contribution in [3.05, 3.63) is 99.3 Å². The molecular formula is C33H33FN4O4S2. The molecule has 4 aromatic rings. The maximum absolute atomic E-state index is 14.4. The van der Waals surface area contributed by atoms with Crippen LogP contribution in [0.5, 0.6) is 5.75 Å². The zero-order valence-electron chi connectivity index (χ0n) is 24.4. The van der Waals surface area contributed by atoms with Gasteiger partial charge >= 0.3 is 5.97 Å². The molecule has 0 spiro atoms. The van der Waals surface area contributed by atoms with Gasteiger partial charge in [-0.2, -0.15) is 0 Å². The van der Waals surface area contributed by atoms with Crippen LogP contribution in [0.2, 0.25) is 0 Å². The third-order valence-electron chi connectivity index (χ3n) is 7.79. The van der Waals surface area contributed by atoms with Crippen LogP contribution in [0.25, 0.3) is 0 Å². The summed E-state index contributed by atoms with van der Waals surface area (Å²) in [6, 6.07) is 18.7. The summed E-state index contributed by atoms with van der Waals surface area (Å²) in [6.07, 6.45) is 1.67. The number of thiazole rings is 1. The van der Waals surface area contributed by atoms with Crippen LogP contribution in [-0.2, 0) is 19.4 Å². The molecule has 0 saturated heterocycles. The average Bonchev–Trinajstić information content (AvgIpc) is 3.63. The Bertz CT molecular complexity index is 1680. The van der Waals surface area contributed by atoms with Crippen molar-refractivity contribution < 1.29 is 23.8 Å². The van der Waals surface area contributed by atoms with Crippen LogP contribution in [0.3, 0.4) is 0 Å². The Morgan fingerprint density at radius 1 is 1.18 bits per heavy atom. The van der Waals surface area contributed by atoms with Crippen LogP contribution in [0.4, 0.5) is 15.2 Å². The Labute approximate surface area is 263 Å². The fraction of sp³-hybridized carbons (Fsp3) is 0.303. The smallest absolute Gasteiger partial charge is 0.355 e. The number of aromatic carboxylic acids is 1. The van der Waals surface area contributed by atoms with Crippen molar-refractivity contribution in [3.8, 4) is 5.75 Å². The summed E-state index contributed by atoms with van der Waals surface area (Å²) in [4.78, 5) is 33.8. The molecule has 0 radical (unpaired) electrons. The molecule has 6 rings (SSSR count). The van der Waals surface area contributed by atoms with Crippen molar-refractivity contribution in [1.82, 2.24) is 10.3 Å². The lowest BCUT2D eigenvalue weighted by Gasteiger charge is -2.30. The number of nitrogens with zero attached hydrogens (tertiary/aromatic N) is 2. The van der Waals surface area contributed by atoms with Gasteiger partial charge in [0.15, 0.2) is 27.9 Å². The number of hydrogen-bond donors (Lipinski definition) is 3. The minimum atomic E-state index is -1.08. The van der Waals surface area contributed by atoms with E-state index in [1.165, 1.54) is 17.4 Å². The monoisotopic (exact) mass is 632 g/mol. The summed E-state index contributed by atoms with van der Waals surface area (Å²) in [6.45, 7) is 5.37. The Balaban J connectivity index is 1.11. The van der Waals surface area contributed by atoms with Gasteiger partial charge in [-0.05, 0) is 72.2 Å². The van der Waals surface area contributed by atoms with E-state index in [0.29, 0.717) is 47.9 Å². The molecule has 3 heterocycles. The molecule has 1 amide bonds. The highest BCUT2D eigenvalue weighted by Gasteiger charge is 2.28. The van der Waals surface area contributed by atoms with Crippen molar-refractivity contribution in [2.45, 2.75) is 56.0 Å². The molecule has 0 fully saturated rings. The number of thioether (sulfide) groups is 1. The van der Waals surface area contributed by atoms with E-state index in [1.54, 1.807) is 17.8 Å². The number of aromatic nitrogens is 1. The van der Waals surface area contributed by atoms with E-state index < -0.39 is 11.8 Å². The number of carboxylic acids is 1. The van der Waals surface area contributed by atoms with Gasteiger partial charge in [0.1, 0.15) is 0 Å². The molecule has 2 aliphatic heterocycles. The predicted octanol–water partition coefficient (Wildman–Crippen LogP) is 6.91. The molecule has 1 atom stereocenters. The molecule has 1 unspecified atom stereocenters. The Kier molecular flexibility index (Phi) is 8.76. The summed E-state index contributed by atoms with van der Waals surface area (Å²) in [5.41, 5.74) is 4.29. The number of aryl methyl sites for hydroxylation is 1. The molecule has 3 N–H and O–H groups in total. The largest absolute Gasteiger partial charge is 0.491 e. The number of fused-ring (bicyclic) bond motifs is 2. The van der Waals surface area contributed by atoms with Gasteiger partial charge in [0.2, 0.25) is 0 Å².